The molecule has 0 aliphatic carbocycles. The van der Waals surface area contributed by atoms with Crippen LogP contribution in [0.1, 0.15) is 5.56 Å². The SMILES string of the molecule is COc1cc(CC(N)CO)cc(Cl)c1O. The van der Waals surface area contributed by atoms with Crippen LogP contribution < -0.4 is 10.5 Å². The van der Waals surface area contributed by atoms with Gasteiger partial charge in [-0.1, -0.05) is 11.6 Å². The summed E-state index contributed by atoms with van der Waals surface area (Å²) in [5, 5.41) is 18.5. The van der Waals surface area contributed by atoms with Crippen LogP contribution in [-0.2, 0) is 6.42 Å². The van der Waals surface area contributed by atoms with Gasteiger partial charge < -0.3 is 20.7 Å². The summed E-state index contributed by atoms with van der Waals surface area (Å²) < 4.78 is 4.94. The van der Waals surface area contributed by atoms with E-state index in [1.54, 1.807) is 12.1 Å². The van der Waals surface area contributed by atoms with E-state index in [2.05, 4.69) is 0 Å². The van der Waals surface area contributed by atoms with Crippen LogP contribution in [0.5, 0.6) is 11.5 Å². The van der Waals surface area contributed by atoms with Gasteiger partial charge in [-0.2, -0.15) is 0 Å². The fourth-order valence-electron chi connectivity index (χ4n) is 1.27. The molecule has 0 heterocycles. The van der Waals surface area contributed by atoms with Crippen LogP contribution >= 0.6 is 11.6 Å². The highest BCUT2D eigenvalue weighted by Gasteiger charge is 2.10. The third kappa shape index (κ3) is 2.99. The molecule has 0 aliphatic heterocycles. The molecule has 1 aromatic rings. The molecule has 4 N–H and O–H groups in total. The van der Waals surface area contributed by atoms with Gasteiger partial charge in [0.25, 0.3) is 0 Å². The number of hydrogen-bond donors (Lipinski definition) is 3. The molecule has 5 heteroatoms. The number of aromatic hydroxyl groups is 1. The number of nitrogens with two attached hydrogens (primary N) is 1. The third-order valence-electron chi connectivity index (χ3n) is 2.04. The van der Waals surface area contributed by atoms with Crippen LogP contribution in [0.15, 0.2) is 12.1 Å². The predicted octanol–water partition coefficient (Wildman–Crippen LogP) is 0.916. The lowest BCUT2D eigenvalue weighted by Gasteiger charge is -2.11. The number of rotatable bonds is 4. The number of aliphatic hydroxyl groups is 1. The van der Waals surface area contributed by atoms with Crippen molar-refractivity contribution < 1.29 is 14.9 Å². The number of aliphatic hydroxyl groups excluding tert-OH is 1. The quantitative estimate of drug-likeness (QED) is 0.720. The summed E-state index contributed by atoms with van der Waals surface area (Å²) in [4.78, 5) is 0. The highest BCUT2D eigenvalue weighted by molar-refractivity contribution is 6.32. The standard InChI is InChI=1S/C10H14ClNO3/c1-15-9-4-6(2-7(12)5-13)3-8(11)10(9)14/h3-4,7,13-14H,2,5,12H2,1H3. The summed E-state index contributed by atoms with van der Waals surface area (Å²) >= 11 is 5.79. The molecule has 1 rings (SSSR count). The normalized spacial score (nSPS) is 12.5. The number of methoxy groups -OCH3 is 1. The fraction of sp³-hybridized carbons (Fsp3) is 0.400. The highest BCUT2D eigenvalue weighted by atomic mass is 35.5. The molecule has 0 spiro atoms. The summed E-state index contributed by atoms with van der Waals surface area (Å²) in [7, 11) is 1.45. The molecule has 0 aromatic heterocycles. The second kappa shape index (κ2) is 5.21. The fourth-order valence-corrected chi connectivity index (χ4v) is 1.50. The molecule has 0 saturated carbocycles. The second-order valence-corrected chi connectivity index (χ2v) is 3.68. The summed E-state index contributed by atoms with van der Waals surface area (Å²) in [5.41, 5.74) is 6.40. The first kappa shape index (κ1) is 12.1. The smallest absolute Gasteiger partial charge is 0.176 e. The molecular weight excluding hydrogens is 218 g/mol. The Morgan fingerprint density at radius 1 is 1.53 bits per heavy atom. The van der Waals surface area contributed by atoms with Crippen molar-refractivity contribution >= 4 is 11.6 Å². The van der Waals surface area contributed by atoms with Crippen LogP contribution in [0.4, 0.5) is 0 Å². The van der Waals surface area contributed by atoms with Crippen molar-refractivity contribution in [1.29, 1.82) is 0 Å². The molecule has 0 radical (unpaired) electrons. The summed E-state index contributed by atoms with van der Waals surface area (Å²) in [6, 6.07) is 2.92. The first-order chi connectivity index (χ1) is 7.08. The van der Waals surface area contributed by atoms with Gasteiger partial charge in [-0.15, -0.1) is 0 Å². The van der Waals surface area contributed by atoms with E-state index in [-0.39, 0.29) is 23.4 Å². The molecule has 0 saturated heterocycles. The van der Waals surface area contributed by atoms with Gasteiger partial charge in [-0.25, -0.2) is 0 Å². The third-order valence-corrected chi connectivity index (χ3v) is 2.33. The molecule has 84 valence electrons. The molecule has 0 bridgehead atoms. The minimum Gasteiger partial charge on any atom is -0.503 e. The lowest BCUT2D eigenvalue weighted by atomic mass is 10.1. The molecule has 1 aromatic carbocycles. The van der Waals surface area contributed by atoms with Crippen molar-refractivity contribution in [3.05, 3.63) is 22.7 Å². The number of ether oxygens (including phenoxy) is 1. The van der Waals surface area contributed by atoms with Gasteiger partial charge in [0.15, 0.2) is 11.5 Å². The van der Waals surface area contributed by atoms with Crippen LogP contribution in [0, 0.1) is 0 Å². The molecular formula is C10H14ClNO3. The molecule has 1 atom stereocenters. The summed E-state index contributed by atoms with van der Waals surface area (Å²) in [6.45, 7) is -0.0964. The van der Waals surface area contributed by atoms with Crippen LogP contribution in [0.2, 0.25) is 5.02 Å². The van der Waals surface area contributed by atoms with Crippen molar-refractivity contribution in [2.75, 3.05) is 13.7 Å². The minimum atomic E-state index is -0.338. The maximum absolute atomic E-state index is 9.48. The van der Waals surface area contributed by atoms with E-state index in [1.807, 2.05) is 0 Å². The molecule has 0 amide bonds. The zero-order valence-electron chi connectivity index (χ0n) is 8.40. The van der Waals surface area contributed by atoms with E-state index in [0.29, 0.717) is 12.2 Å². The Morgan fingerprint density at radius 2 is 2.20 bits per heavy atom. The first-order valence-electron chi connectivity index (χ1n) is 4.50. The van der Waals surface area contributed by atoms with Crippen molar-refractivity contribution in [1.82, 2.24) is 0 Å². The van der Waals surface area contributed by atoms with E-state index in [9.17, 15) is 5.11 Å². The Morgan fingerprint density at radius 3 is 2.73 bits per heavy atom. The van der Waals surface area contributed by atoms with Crippen molar-refractivity contribution in [3.8, 4) is 11.5 Å². The van der Waals surface area contributed by atoms with E-state index < -0.39 is 0 Å². The lowest BCUT2D eigenvalue weighted by molar-refractivity contribution is 0.265. The van der Waals surface area contributed by atoms with Crippen molar-refractivity contribution in [2.24, 2.45) is 5.73 Å². The zero-order chi connectivity index (χ0) is 11.4. The van der Waals surface area contributed by atoms with Gasteiger partial charge in [0.1, 0.15) is 0 Å². The lowest BCUT2D eigenvalue weighted by Crippen LogP contribution is -2.26. The first-order valence-corrected chi connectivity index (χ1v) is 4.88. The second-order valence-electron chi connectivity index (χ2n) is 3.28. The molecule has 1 unspecified atom stereocenters. The largest absolute Gasteiger partial charge is 0.503 e. The molecule has 0 fully saturated rings. The van der Waals surface area contributed by atoms with Gasteiger partial charge in [-0.05, 0) is 24.1 Å². The number of hydrogen-bond acceptors (Lipinski definition) is 4. The summed E-state index contributed by atoms with van der Waals surface area (Å²) in [6.07, 6.45) is 0.479. The average Bonchev–Trinajstić information content (AvgIpc) is 2.22. The van der Waals surface area contributed by atoms with E-state index >= 15 is 0 Å². The maximum atomic E-state index is 9.48. The van der Waals surface area contributed by atoms with Gasteiger partial charge >= 0.3 is 0 Å². The van der Waals surface area contributed by atoms with Gasteiger partial charge in [-0.3, -0.25) is 0 Å². The maximum Gasteiger partial charge on any atom is 0.176 e. The minimum absolute atomic E-state index is 0.0829. The van der Waals surface area contributed by atoms with Crippen molar-refractivity contribution in [2.45, 2.75) is 12.5 Å². The number of halogens is 1. The Labute approximate surface area is 93.2 Å². The Bertz CT molecular complexity index is 344. The van der Waals surface area contributed by atoms with Gasteiger partial charge in [0, 0.05) is 6.04 Å². The average molecular weight is 232 g/mol. The summed E-state index contributed by atoms with van der Waals surface area (Å²) in [5.74, 6) is 0.225. The van der Waals surface area contributed by atoms with Crippen LogP contribution in [0.3, 0.4) is 0 Å². The van der Waals surface area contributed by atoms with Crippen LogP contribution in [-0.4, -0.2) is 30.0 Å². The Balaban J connectivity index is 2.95. The van der Waals surface area contributed by atoms with E-state index in [4.69, 9.17) is 27.2 Å². The Kier molecular flexibility index (Phi) is 4.20. The van der Waals surface area contributed by atoms with E-state index in [1.165, 1.54) is 7.11 Å². The Hall–Kier alpha value is -0.970. The molecule has 0 aliphatic rings. The predicted molar refractivity (Wildman–Crippen MR) is 58.4 cm³/mol. The van der Waals surface area contributed by atoms with Crippen molar-refractivity contribution in [3.63, 3.8) is 0 Å². The zero-order valence-corrected chi connectivity index (χ0v) is 9.16. The molecule has 15 heavy (non-hydrogen) atoms. The number of phenols is 1. The topological polar surface area (TPSA) is 75.7 Å². The molecule has 4 nitrogen and oxygen atoms in total. The van der Waals surface area contributed by atoms with Gasteiger partial charge in [0.05, 0.1) is 18.7 Å². The van der Waals surface area contributed by atoms with Gasteiger partial charge in [0.2, 0.25) is 0 Å². The monoisotopic (exact) mass is 231 g/mol. The van der Waals surface area contributed by atoms with Crippen LogP contribution in [0.25, 0.3) is 0 Å². The number of phenolic OH excluding ortho intramolecular Hbond substituents is 1. The number of benzene rings is 1. The van der Waals surface area contributed by atoms with E-state index in [0.717, 1.165) is 5.56 Å². The highest BCUT2D eigenvalue weighted by Crippen LogP contribution is 2.35.